The summed E-state index contributed by atoms with van der Waals surface area (Å²) in [5.74, 6) is 0.581. The Morgan fingerprint density at radius 2 is 1.81 bits per heavy atom. The number of aliphatic hydroxyl groups is 1. The Kier molecular flexibility index (Phi) is 5.81. The molecule has 1 aromatic rings. The molecular formula is C13H20ClNO. The molecule has 0 spiro atoms. The summed E-state index contributed by atoms with van der Waals surface area (Å²) in [5.41, 5.74) is 1.25. The minimum atomic E-state index is 0.133. The first kappa shape index (κ1) is 13.5. The maximum Gasteiger partial charge on any atom is 0.0584 e. The molecule has 2 atom stereocenters. The van der Waals surface area contributed by atoms with Crippen molar-refractivity contribution in [3.8, 4) is 0 Å². The molecule has 2 nitrogen and oxygen atoms in total. The van der Waals surface area contributed by atoms with Crippen molar-refractivity contribution >= 4 is 11.6 Å². The molecule has 1 N–H and O–H groups in total. The van der Waals surface area contributed by atoms with Crippen LogP contribution in [0.4, 0.5) is 0 Å². The van der Waals surface area contributed by atoms with Gasteiger partial charge in [0.15, 0.2) is 0 Å². The summed E-state index contributed by atoms with van der Waals surface area (Å²) in [6.45, 7) is 5.10. The lowest BCUT2D eigenvalue weighted by Crippen LogP contribution is -2.42. The molecule has 90 valence electrons. The largest absolute Gasteiger partial charge is 0.395 e. The predicted molar refractivity (Wildman–Crippen MR) is 68.7 cm³/mol. The first-order valence-electron chi connectivity index (χ1n) is 5.65. The van der Waals surface area contributed by atoms with Crippen LogP contribution in [0.3, 0.4) is 0 Å². The smallest absolute Gasteiger partial charge is 0.0584 e. The number of hydrogen-bond donors (Lipinski definition) is 1. The fourth-order valence-corrected chi connectivity index (χ4v) is 1.91. The van der Waals surface area contributed by atoms with Crippen molar-refractivity contribution in [2.75, 3.05) is 12.5 Å². The molecule has 0 heterocycles. The third-order valence-corrected chi connectivity index (χ3v) is 3.27. The summed E-state index contributed by atoms with van der Waals surface area (Å²) < 4.78 is 0. The Morgan fingerprint density at radius 3 is 2.31 bits per heavy atom. The van der Waals surface area contributed by atoms with E-state index >= 15 is 0 Å². The molecule has 0 saturated carbocycles. The summed E-state index contributed by atoms with van der Waals surface area (Å²) in [6, 6.07) is 10.7. The van der Waals surface area contributed by atoms with Crippen molar-refractivity contribution in [1.29, 1.82) is 0 Å². The van der Waals surface area contributed by atoms with Gasteiger partial charge in [-0.3, -0.25) is 4.90 Å². The number of nitrogens with zero attached hydrogens (tertiary/aromatic N) is 1. The minimum Gasteiger partial charge on any atom is -0.395 e. The van der Waals surface area contributed by atoms with Gasteiger partial charge in [-0.15, -0.1) is 11.6 Å². The second-order valence-corrected chi connectivity index (χ2v) is 4.50. The molecule has 0 aliphatic carbocycles. The predicted octanol–water partition coefficient (Wildman–Crippen LogP) is 2.50. The molecule has 0 aliphatic heterocycles. The van der Waals surface area contributed by atoms with Gasteiger partial charge in [-0.1, -0.05) is 30.3 Å². The average Bonchev–Trinajstić information content (AvgIpc) is 2.35. The fourth-order valence-electron chi connectivity index (χ4n) is 1.73. The molecule has 0 saturated heterocycles. The van der Waals surface area contributed by atoms with Crippen LogP contribution in [0, 0.1) is 0 Å². The van der Waals surface area contributed by atoms with E-state index in [4.69, 9.17) is 11.6 Å². The van der Waals surface area contributed by atoms with E-state index in [2.05, 4.69) is 24.0 Å². The second kappa shape index (κ2) is 6.89. The van der Waals surface area contributed by atoms with Gasteiger partial charge in [0.25, 0.3) is 0 Å². The number of hydrogen-bond acceptors (Lipinski definition) is 2. The lowest BCUT2D eigenvalue weighted by Gasteiger charge is -2.32. The van der Waals surface area contributed by atoms with Gasteiger partial charge in [0.05, 0.1) is 6.61 Å². The van der Waals surface area contributed by atoms with Crippen molar-refractivity contribution in [2.24, 2.45) is 0 Å². The van der Waals surface area contributed by atoms with Gasteiger partial charge in [-0.05, 0) is 19.4 Å². The van der Waals surface area contributed by atoms with Gasteiger partial charge >= 0.3 is 0 Å². The molecule has 0 aliphatic rings. The van der Waals surface area contributed by atoms with E-state index < -0.39 is 0 Å². The van der Waals surface area contributed by atoms with E-state index in [1.165, 1.54) is 5.56 Å². The Balaban J connectivity index is 2.71. The number of alkyl halides is 1. The first-order valence-corrected chi connectivity index (χ1v) is 6.19. The maximum atomic E-state index is 9.24. The molecule has 0 aromatic heterocycles. The Hall–Kier alpha value is -0.570. The van der Waals surface area contributed by atoms with E-state index in [1.54, 1.807) is 0 Å². The fraction of sp³-hybridized carbons (Fsp3) is 0.538. The SMILES string of the molecule is CC(CO)N(Cc1ccccc1)C(C)CCl. The molecule has 2 unspecified atom stereocenters. The van der Waals surface area contributed by atoms with Gasteiger partial charge in [-0.2, -0.15) is 0 Å². The summed E-state index contributed by atoms with van der Waals surface area (Å²) in [5, 5.41) is 9.24. The molecule has 1 rings (SSSR count). The van der Waals surface area contributed by atoms with Crippen molar-refractivity contribution in [1.82, 2.24) is 4.90 Å². The standard InChI is InChI=1S/C13H20ClNO/c1-11(8-14)15(12(2)10-16)9-13-6-4-3-5-7-13/h3-7,11-12,16H,8-10H2,1-2H3. The van der Waals surface area contributed by atoms with Crippen LogP contribution >= 0.6 is 11.6 Å². The molecule has 16 heavy (non-hydrogen) atoms. The van der Waals surface area contributed by atoms with Crippen LogP contribution in [0.5, 0.6) is 0 Å². The quantitative estimate of drug-likeness (QED) is 0.774. The molecule has 0 fully saturated rings. The van der Waals surface area contributed by atoms with Crippen LogP contribution in [0.2, 0.25) is 0 Å². The third-order valence-electron chi connectivity index (χ3n) is 2.83. The van der Waals surface area contributed by atoms with Crippen molar-refractivity contribution < 1.29 is 5.11 Å². The molecular weight excluding hydrogens is 222 g/mol. The summed E-state index contributed by atoms with van der Waals surface area (Å²) in [7, 11) is 0. The number of halogens is 1. The Labute approximate surface area is 103 Å². The van der Waals surface area contributed by atoms with Crippen LogP contribution in [-0.2, 0) is 6.54 Å². The minimum absolute atomic E-state index is 0.133. The molecule has 0 bridgehead atoms. The summed E-state index contributed by atoms with van der Waals surface area (Å²) >= 11 is 5.89. The van der Waals surface area contributed by atoms with Gasteiger partial charge in [0.1, 0.15) is 0 Å². The summed E-state index contributed by atoms with van der Waals surface area (Å²) in [4.78, 5) is 2.22. The van der Waals surface area contributed by atoms with E-state index in [-0.39, 0.29) is 18.7 Å². The molecule has 0 radical (unpaired) electrons. The van der Waals surface area contributed by atoms with Crippen LogP contribution in [0.15, 0.2) is 30.3 Å². The lowest BCUT2D eigenvalue weighted by atomic mass is 10.1. The van der Waals surface area contributed by atoms with Crippen LogP contribution in [0.1, 0.15) is 19.4 Å². The van der Waals surface area contributed by atoms with E-state index in [0.717, 1.165) is 6.54 Å². The lowest BCUT2D eigenvalue weighted by molar-refractivity contribution is 0.101. The highest BCUT2D eigenvalue weighted by molar-refractivity contribution is 6.18. The first-order chi connectivity index (χ1) is 7.69. The monoisotopic (exact) mass is 241 g/mol. The molecule has 0 amide bonds. The summed E-state index contributed by atoms with van der Waals surface area (Å²) in [6.07, 6.45) is 0. The normalized spacial score (nSPS) is 15.1. The van der Waals surface area contributed by atoms with Crippen LogP contribution in [0.25, 0.3) is 0 Å². The van der Waals surface area contributed by atoms with Gasteiger partial charge in [-0.25, -0.2) is 0 Å². The second-order valence-electron chi connectivity index (χ2n) is 4.19. The van der Waals surface area contributed by atoms with Crippen molar-refractivity contribution in [2.45, 2.75) is 32.5 Å². The Bertz CT molecular complexity index is 281. The zero-order chi connectivity index (χ0) is 12.0. The van der Waals surface area contributed by atoms with E-state index in [9.17, 15) is 5.11 Å². The highest BCUT2D eigenvalue weighted by Gasteiger charge is 2.18. The molecule has 3 heteroatoms. The number of benzene rings is 1. The van der Waals surface area contributed by atoms with Crippen molar-refractivity contribution in [3.05, 3.63) is 35.9 Å². The van der Waals surface area contributed by atoms with E-state index in [1.807, 2.05) is 25.1 Å². The number of aliphatic hydroxyl groups excluding tert-OH is 1. The van der Waals surface area contributed by atoms with E-state index in [0.29, 0.717) is 5.88 Å². The molecule has 1 aromatic carbocycles. The highest BCUT2D eigenvalue weighted by atomic mass is 35.5. The van der Waals surface area contributed by atoms with Gasteiger partial charge in [0, 0.05) is 24.5 Å². The average molecular weight is 242 g/mol. The topological polar surface area (TPSA) is 23.5 Å². The van der Waals surface area contributed by atoms with Crippen LogP contribution < -0.4 is 0 Å². The van der Waals surface area contributed by atoms with Crippen molar-refractivity contribution in [3.63, 3.8) is 0 Å². The van der Waals surface area contributed by atoms with Crippen LogP contribution in [-0.4, -0.2) is 34.6 Å². The number of rotatable bonds is 6. The highest BCUT2D eigenvalue weighted by Crippen LogP contribution is 2.13. The maximum absolute atomic E-state index is 9.24. The zero-order valence-electron chi connectivity index (χ0n) is 9.94. The van der Waals surface area contributed by atoms with Gasteiger partial charge < -0.3 is 5.11 Å². The third kappa shape index (κ3) is 3.78. The zero-order valence-corrected chi connectivity index (χ0v) is 10.7. The Morgan fingerprint density at radius 1 is 1.19 bits per heavy atom. The van der Waals surface area contributed by atoms with Gasteiger partial charge in [0.2, 0.25) is 0 Å².